The van der Waals surface area contributed by atoms with Gasteiger partial charge in [-0.1, -0.05) is 29.5 Å². The van der Waals surface area contributed by atoms with Gasteiger partial charge in [0.1, 0.15) is 5.75 Å². The molecule has 2 N–H and O–H groups in total. The molecule has 0 aliphatic heterocycles. The van der Waals surface area contributed by atoms with Crippen LogP contribution in [0.5, 0.6) is 5.75 Å². The normalized spacial score (nSPS) is 11.0. The van der Waals surface area contributed by atoms with Crippen molar-refractivity contribution in [3.8, 4) is 5.75 Å². The number of fused-ring (bicyclic) bond motifs is 1. The maximum Gasteiger partial charge on any atom is 0.171 e. The van der Waals surface area contributed by atoms with Gasteiger partial charge in [0.05, 0.1) is 24.8 Å². The van der Waals surface area contributed by atoms with Crippen molar-refractivity contribution in [2.75, 3.05) is 7.11 Å². The lowest BCUT2D eigenvalue weighted by Crippen LogP contribution is -1.89. The summed E-state index contributed by atoms with van der Waals surface area (Å²) in [6.07, 6.45) is 0. The van der Waals surface area contributed by atoms with E-state index in [1.807, 2.05) is 43.3 Å². The molecule has 3 aromatic rings. The van der Waals surface area contributed by atoms with E-state index in [0.717, 1.165) is 38.0 Å². The molecule has 0 saturated heterocycles. The van der Waals surface area contributed by atoms with Crippen LogP contribution in [0.25, 0.3) is 11.0 Å². The van der Waals surface area contributed by atoms with Crippen molar-refractivity contribution >= 4 is 22.8 Å². The van der Waals surface area contributed by atoms with Gasteiger partial charge in [0.25, 0.3) is 0 Å². The van der Waals surface area contributed by atoms with Crippen LogP contribution in [0.4, 0.5) is 0 Å². The molecule has 3 rings (SSSR count). The highest BCUT2D eigenvalue weighted by atomic mass is 32.2. The average molecular weight is 300 g/mol. The molecule has 0 spiro atoms. The second-order valence-electron chi connectivity index (χ2n) is 4.80. The van der Waals surface area contributed by atoms with Gasteiger partial charge < -0.3 is 14.8 Å². The van der Waals surface area contributed by atoms with Crippen molar-refractivity contribution < 1.29 is 9.84 Å². The van der Waals surface area contributed by atoms with Crippen molar-refractivity contribution in [3.05, 3.63) is 47.5 Å². The largest absolute Gasteiger partial charge is 0.497 e. The smallest absolute Gasteiger partial charge is 0.171 e. The molecule has 0 amide bonds. The van der Waals surface area contributed by atoms with Crippen LogP contribution in [0, 0.1) is 6.92 Å². The Morgan fingerprint density at radius 1 is 1.24 bits per heavy atom. The SMILES string of the molecule is COc1ccc2nc(Sc3ccc(C)cc3CO)[nH]c2c1. The Balaban J connectivity index is 1.94. The Morgan fingerprint density at radius 3 is 2.86 bits per heavy atom. The Morgan fingerprint density at radius 2 is 2.10 bits per heavy atom. The first-order chi connectivity index (χ1) is 10.2. The first kappa shape index (κ1) is 14.0. The second kappa shape index (κ2) is 5.79. The van der Waals surface area contributed by atoms with Crippen LogP contribution in [-0.2, 0) is 6.61 Å². The first-order valence-corrected chi connectivity index (χ1v) is 7.43. The van der Waals surface area contributed by atoms with Crippen LogP contribution in [0.3, 0.4) is 0 Å². The van der Waals surface area contributed by atoms with Gasteiger partial charge in [-0.05, 0) is 30.7 Å². The van der Waals surface area contributed by atoms with Crippen molar-refractivity contribution in [1.82, 2.24) is 9.97 Å². The van der Waals surface area contributed by atoms with Gasteiger partial charge in [-0.3, -0.25) is 0 Å². The Kier molecular flexibility index (Phi) is 3.86. The minimum absolute atomic E-state index is 0.0259. The maximum absolute atomic E-state index is 9.47. The number of imidazole rings is 1. The minimum Gasteiger partial charge on any atom is -0.497 e. The number of aliphatic hydroxyl groups excluding tert-OH is 1. The molecule has 0 aliphatic rings. The van der Waals surface area contributed by atoms with Crippen LogP contribution in [0.15, 0.2) is 46.5 Å². The molecule has 0 atom stereocenters. The molecular weight excluding hydrogens is 284 g/mol. The molecule has 0 aliphatic carbocycles. The summed E-state index contributed by atoms with van der Waals surface area (Å²) in [4.78, 5) is 8.83. The van der Waals surface area contributed by atoms with Gasteiger partial charge in [-0.25, -0.2) is 4.98 Å². The van der Waals surface area contributed by atoms with Gasteiger partial charge in [-0.2, -0.15) is 0 Å². The van der Waals surface area contributed by atoms with Crippen LogP contribution in [-0.4, -0.2) is 22.2 Å². The highest BCUT2D eigenvalue weighted by Crippen LogP contribution is 2.31. The van der Waals surface area contributed by atoms with E-state index in [2.05, 4.69) is 9.97 Å². The number of nitrogens with one attached hydrogen (secondary N) is 1. The Bertz CT molecular complexity index is 783. The number of aryl methyl sites for hydroxylation is 1. The number of hydrogen-bond donors (Lipinski definition) is 2. The summed E-state index contributed by atoms with van der Waals surface area (Å²) in [6.45, 7) is 2.04. The zero-order valence-corrected chi connectivity index (χ0v) is 12.7. The number of aromatic nitrogens is 2. The predicted molar refractivity (Wildman–Crippen MR) is 83.9 cm³/mol. The molecule has 4 nitrogen and oxygen atoms in total. The van der Waals surface area contributed by atoms with E-state index in [9.17, 15) is 5.11 Å². The highest BCUT2D eigenvalue weighted by molar-refractivity contribution is 7.99. The van der Waals surface area contributed by atoms with Crippen LogP contribution >= 0.6 is 11.8 Å². The van der Waals surface area contributed by atoms with E-state index in [-0.39, 0.29) is 6.61 Å². The minimum atomic E-state index is 0.0259. The van der Waals surface area contributed by atoms with Crippen molar-refractivity contribution in [2.45, 2.75) is 23.6 Å². The number of rotatable bonds is 4. The summed E-state index contributed by atoms with van der Waals surface area (Å²) in [6, 6.07) is 11.8. The summed E-state index contributed by atoms with van der Waals surface area (Å²) >= 11 is 1.52. The summed E-state index contributed by atoms with van der Waals surface area (Å²) in [5, 5.41) is 10.3. The molecular formula is C16H16N2O2S. The number of benzene rings is 2. The lowest BCUT2D eigenvalue weighted by atomic mass is 10.1. The fourth-order valence-electron chi connectivity index (χ4n) is 2.18. The lowest BCUT2D eigenvalue weighted by Gasteiger charge is -2.06. The molecule has 0 unspecified atom stereocenters. The molecule has 1 aromatic heterocycles. The van der Waals surface area contributed by atoms with Crippen molar-refractivity contribution in [1.29, 1.82) is 0 Å². The van der Waals surface area contributed by atoms with Gasteiger partial charge in [-0.15, -0.1) is 0 Å². The van der Waals surface area contributed by atoms with Crippen molar-refractivity contribution in [3.63, 3.8) is 0 Å². The summed E-state index contributed by atoms with van der Waals surface area (Å²) in [7, 11) is 1.65. The average Bonchev–Trinajstić information content (AvgIpc) is 2.90. The van der Waals surface area contributed by atoms with E-state index in [0.29, 0.717) is 0 Å². The zero-order valence-electron chi connectivity index (χ0n) is 11.9. The number of ether oxygens (including phenoxy) is 1. The van der Waals surface area contributed by atoms with Gasteiger partial charge in [0.2, 0.25) is 0 Å². The Hall–Kier alpha value is -1.98. The maximum atomic E-state index is 9.47. The lowest BCUT2D eigenvalue weighted by molar-refractivity contribution is 0.279. The van der Waals surface area contributed by atoms with E-state index < -0.39 is 0 Å². The molecule has 108 valence electrons. The van der Waals surface area contributed by atoms with E-state index in [1.54, 1.807) is 7.11 Å². The molecule has 2 aromatic carbocycles. The number of methoxy groups -OCH3 is 1. The third-order valence-corrected chi connectivity index (χ3v) is 4.27. The molecule has 0 bridgehead atoms. The topological polar surface area (TPSA) is 58.1 Å². The zero-order chi connectivity index (χ0) is 14.8. The van der Waals surface area contributed by atoms with Crippen LogP contribution in [0.1, 0.15) is 11.1 Å². The molecule has 0 fully saturated rings. The monoisotopic (exact) mass is 300 g/mol. The highest BCUT2D eigenvalue weighted by Gasteiger charge is 2.09. The fourth-order valence-corrected chi connectivity index (χ4v) is 3.08. The summed E-state index contributed by atoms with van der Waals surface area (Å²) in [5.41, 5.74) is 3.89. The summed E-state index contributed by atoms with van der Waals surface area (Å²) in [5.74, 6) is 0.800. The molecule has 5 heteroatoms. The molecule has 1 heterocycles. The van der Waals surface area contributed by atoms with Gasteiger partial charge in [0.15, 0.2) is 5.16 Å². The van der Waals surface area contributed by atoms with E-state index >= 15 is 0 Å². The molecule has 0 saturated carbocycles. The second-order valence-corrected chi connectivity index (χ2v) is 5.83. The number of H-pyrrole nitrogens is 1. The fraction of sp³-hybridized carbons (Fsp3) is 0.188. The van der Waals surface area contributed by atoms with E-state index in [4.69, 9.17) is 4.74 Å². The number of nitrogens with zero attached hydrogens (tertiary/aromatic N) is 1. The number of aliphatic hydroxyl groups is 1. The molecule has 21 heavy (non-hydrogen) atoms. The predicted octanol–water partition coefficient (Wildman–Crippen LogP) is 3.52. The quantitative estimate of drug-likeness (QED) is 0.774. The third kappa shape index (κ3) is 2.89. The number of hydrogen-bond acceptors (Lipinski definition) is 4. The molecule has 0 radical (unpaired) electrons. The first-order valence-electron chi connectivity index (χ1n) is 6.61. The van der Waals surface area contributed by atoms with Gasteiger partial charge in [0, 0.05) is 11.0 Å². The van der Waals surface area contributed by atoms with Crippen LogP contribution < -0.4 is 4.74 Å². The Labute approximate surface area is 127 Å². The van der Waals surface area contributed by atoms with E-state index in [1.165, 1.54) is 11.8 Å². The van der Waals surface area contributed by atoms with Gasteiger partial charge >= 0.3 is 0 Å². The summed E-state index contributed by atoms with van der Waals surface area (Å²) < 4.78 is 5.21. The van der Waals surface area contributed by atoms with Crippen molar-refractivity contribution in [2.24, 2.45) is 0 Å². The number of aromatic amines is 1. The standard InChI is InChI=1S/C16H16N2O2S/c1-10-3-6-15(11(7-10)9-19)21-16-17-13-5-4-12(20-2)8-14(13)18-16/h3-8,19H,9H2,1-2H3,(H,17,18). The third-order valence-electron chi connectivity index (χ3n) is 3.26. The van der Waals surface area contributed by atoms with Crippen LogP contribution in [0.2, 0.25) is 0 Å².